The number of aromatic nitrogens is 2. The Labute approximate surface area is 184 Å². The summed E-state index contributed by atoms with van der Waals surface area (Å²) in [5.41, 5.74) is 2.97. The second-order valence-corrected chi connectivity index (χ2v) is 6.53. The van der Waals surface area contributed by atoms with Crippen molar-refractivity contribution in [3.63, 3.8) is 0 Å². The van der Waals surface area contributed by atoms with Gasteiger partial charge in [0.05, 0.1) is 23.5 Å². The number of non-ortho nitro benzene ring substituents is 1. The normalized spacial score (nSPS) is 10.5. The molecule has 1 aromatic heterocycles. The van der Waals surface area contributed by atoms with E-state index >= 15 is 0 Å². The molecular weight excluding hydrogens is 438 g/mol. The summed E-state index contributed by atoms with van der Waals surface area (Å²) >= 11 is 0. The summed E-state index contributed by atoms with van der Waals surface area (Å²) in [5, 5.41) is 24.2. The van der Waals surface area contributed by atoms with Crippen LogP contribution in [-0.2, 0) is 16.1 Å². The lowest BCUT2D eigenvalue weighted by molar-refractivity contribution is -0.384. The Bertz CT molecular complexity index is 1300. The first-order chi connectivity index (χ1) is 15.8. The van der Waals surface area contributed by atoms with Crippen LogP contribution in [0.2, 0.25) is 0 Å². The fourth-order valence-corrected chi connectivity index (χ4v) is 2.83. The number of nitrogens with zero attached hydrogens (tertiary/aromatic N) is 3. The van der Waals surface area contributed by atoms with E-state index in [9.17, 15) is 29.3 Å². The second-order valence-electron chi connectivity index (χ2n) is 6.53. The van der Waals surface area contributed by atoms with E-state index in [1.165, 1.54) is 30.3 Å². The van der Waals surface area contributed by atoms with Gasteiger partial charge in [0.1, 0.15) is 0 Å². The summed E-state index contributed by atoms with van der Waals surface area (Å²) in [6.07, 6.45) is 0. The SMILES string of the molecule is O=C(COC(=O)c1nn(CCO)c(=O)c2ccccc12)NNC(=O)c1cccc([N+](=O)[O-])c1. The molecule has 13 heteroatoms. The summed E-state index contributed by atoms with van der Waals surface area (Å²) in [7, 11) is 0. The molecule has 33 heavy (non-hydrogen) atoms. The van der Waals surface area contributed by atoms with Gasteiger partial charge < -0.3 is 9.84 Å². The standard InChI is InChI=1S/C20H17N5O8/c26-9-8-24-19(29)15-7-2-1-6-14(15)17(23-24)20(30)33-11-16(27)21-22-18(28)12-4-3-5-13(10-12)25(31)32/h1-7,10,26H,8-9,11H2,(H,21,27)(H,22,28). The van der Waals surface area contributed by atoms with Crippen molar-refractivity contribution in [2.24, 2.45) is 0 Å². The number of carbonyl (C=O) groups is 3. The molecule has 170 valence electrons. The zero-order valence-electron chi connectivity index (χ0n) is 16.9. The molecule has 0 aliphatic rings. The predicted octanol–water partition coefficient (Wildman–Crippen LogP) is -0.0850. The third-order valence-electron chi connectivity index (χ3n) is 4.34. The maximum atomic E-state index is 12.5. The van der Waals surface area contributed by atoms with Gasteiger partial charge in [0, 0.05) is 23.1 Å². The minimum absolute atomic E-state index is 0.0664. The molecule has 2 aromatic carbocycles. The summed E-state index contributed by atoms with van der Waals surface area (Å²) in [6, 6.07) is 11.0. The van der Waals surface area contributed by atoms with E-state index in [0.29, 0.717) is 0 Å². The van der Waals surface area contributed by atoms with Gasteiger partial charge in [0.15, 0.2) is 12.3 Å². The van der Waals surface area contributed by atoms with E-state index < -0.39 is 34.9 Å². The Morgan fingerprint density at radius 1 is 1.09 bits per heavy atom. The lowest BCUT2D eigenvalue weighted by Crippen LogP contribution is -2.43. The van der Waals surface area contributed by atoms with Gasteiger partial charge in [-0.15, -0.1) is 0 Å². The highest BCUT2D eigenvalue weighted by atomic mass is 16.6. The minimum Gasteiger partial charge on any atom is -0.451 e. The smallest absolute Gasteiger partial charge is 0.359 e. The van der Waals surface area contributed by atoms with Gasteiger partial charge in [-0.25, -0.2) is 9.48 Å². The van der Waals surface area contributed by atoms with Crippen LogP contribution in [0, 0.1) is 10.1 Å². The van der Waals surface area contributed by atoms with E-state index in [2.05, 4.69) is 10.5 Å². The average molecular weight is 455 g/mol. The summed E-state index contributed by atoms with van der Waals surface area (Å²) in [6.45, 7) is -1.32. The van der Waals surface area contributed by atoms with Crippen LogP contribution in [0.25, 0.3) is 10.8 Å². The third kappa shape index (κ3) is 5.34. The number of hydrazine groups is 1. The molecule has 0 saturated heterocycles. The number of aliphatic hydroxyl groups is 1. The number of carbonyl (C=O) groups excluding carboxylic acids is 3. The van der Waals surface area contributed by atoms with Gasteiger partial charge in [-0.05, 0) is 12.1 Å². The van der Waals surface area contributed by atoms with Crippen LogP contribution in [0.5, 0.6) is 0 Å². The van der Waals surface area contributed by atoms with E-state index in [4.69, 9.17) is 9.84 Å². The Morgan fingerprint density at radius 2 is 1.82 bits per heavy atom. The maximum absolute atomic E-state index is 12.5. The summed E-state index contributed by atoms with van der Waals surface area (Å²) in [4.78, 5) is 59.0. The number of amides is 2. The Morgan fingerprint density at radius 3 is 2.52 bits per heavy atom. The number of fused-ring (bicyclic) bond motifs is 1. The minimum atomic E-state index is -1.00. The highest BCUT2D eigenvalue weighted by Crippen LogP contribution is 2.14. The molecule has 0 atom stereocenters. The lowest BCUT2D eigenvalue weighted by atomic mass is 10.1. The van der Waals surface area contributed by atoms with Gasteiger partial charge in [-0.3, -0.25) is 35.3 Å². The molecule has 0 saturated carbocycles. The van der Waals surface area contributed by atoms with Gasteiger partial charge in [0.2, 0.25) is 0 Å². The van der Waals surface area contributed by atoms with Crippen molar-refractivity contribution in [3.05, 3.63) is 80.3 Å². The zero-order chi connectivity index (χ0) is 24.0. The van der Waals surface area contributed by atoms with Gasteiger partial charge in [0.25, 0.3) is 23.1 Å². The fourth-order valence-electron chi connectivity index (χ4n) is 2.83. The molecule has 3 rings (SSSR count). The van der Waals surface area contributed by atoms with E-state index in [-0.39, 0.29) is 40.9 Å². The highest BCUT2D eigenvalue weighted by molar-refractivity contribution is 6.02. The first kappa shape index (κ1) is 23.0. The number of nitro benzene ring substituents is 1. The van der Waals surface area contributed by atoms with Crippen molar-refractivity contribution in [1.82, 2.24) is 20.6 Å². The molecule has 1 heterocycles. The van der Waals surface area contributed by atoms with Crippen molar-refractivity contribution >= 4 is 34.2 Å². The van der Waals surface area contributed by atoms with Crippen LogP contribution in [0.15, 0.2) is 53.3 Å². The molecule has 0 unspecified atom stereocenters. The van der Waals surface area contributed by atoms with E-state index in [0.717, 1.165) is 10.7 Å². The van der Waals surface area contributed by atoms with Crippen LogP contribution in [-0.4, -0.2) is 50.8 Å². The van der Waals surface area contributed by atoms with Crippen molar-refractivity contribution in [2.75, 3.05) is 13.2 Å². The molecule has 2 amide bonds. The van der Waals surface area contributed by atoms with Crippen molar-refractivity contribution in [2.45, 2.75) is 6.54 Å². The molecule has 13 nitrogen and oxygen atoms in total. The largest absolute Gasteiger partial charge is 0.451 e. The molecule has 0 aliphatic carbocycles. The molecule has 3 N–H and O–H groups in total. The van der Waals surface area contributed by atoms with Crippen LogP contribution in [0.1, 0.15) is 20.8 Å². The second kappa shape index (κ2) is 10.1. The number of benzene rings is 2. The van der Waals surface area contributed by atoms with Gasteiger partial charge >= 0.3 is 5.97 Å². The molecule has 3 aromatic rings. The van der Waals surface area contributed by atoms with Crippen molar-refractivity contribution < 1.29 is 29.2 Å². The van der Waals surface area contributed by atoms with Crippen LogP contribution < -0.4 is 16.4 Å². The molecule has 0 aliphatic heterocycles. The molecular formula is C20H17N5O8. The molecule has 0 radical (unpaired) electrons. The number of esters is 1. The first-order valence-electron chi connectivity index (χ1n) is 9.43. The maximum Gasteiger partial charge on any atom is 0.359 e. The van der Waals surface area contributed by atoms with Crippen molar-refractivity contribution in [3.8, 4) is 0 Å². The topological polar surface area (TPSA) is 183 Å². The number of nitrogens with one attached hydrogen (secondary N) is 2. The zero-order valence-corrected chi connectivity index (χ0v) is 16.9. The number of hydrogen-bond donors (Lipinski definition) is 3. The Balaban J connectivity index is 1.64. The Kier molecular flexibility index (Phi) is 7.05. The van der Waals surface area contributed by atoms with E-state index in [1.807, 2.05) is 5.43 Å². The number of ether oxygens (including phenoxy) is 1. The number of aliphatic hydroxyl groups excluding tert-OH is 1. The summed E-state index contributed by atoms with van der Waals surface area (Å²) < 4.78 is 5.84. The number of rotatable bonds is 7. The predicted molar refractivity (Wildman–Crippen MR) is 112 cm³/mol. The van der Waals surface area contributed by atoms with Crippen LogP contribution >= 0.6 is 0 Å². The number of hydrogen-bond acceptors (Lipinski definition) is 9. The summed E-state index contributed by atoms with van der Waals surface area (Å²) in [5.74, 6) is -2.71. The highest BCUT2D eigenvalue weighted by Gasteiger charge is 2.19. The molecule has 0 fully saturated rings. The quantitative estimate of drug-likeness (QED) is 0.249. The first-order valence-corrected chi connectivity index (χ1v) is 9.43. The monoisotopic (exact) mass is 455 g/mol. The van der Waals surface area contributed by atoms with Crippen molar-refractivity contribution in [1.29, 1.82) is 0 Å². The van der Waals surface area contributed by atoms with E-state index in [1.54, 1.807) is 12.1 Å². The van der Waals surface area contributed by atoms with Gasteiger partial charge in [-0.2, -0.15) is 5.10 Å². The van der Waals surface area contributed by atoms with Gasteiger partial charge in [-0.1, -0.05) is 24.3 Å². The number of nitro groups is 1. The fraction of sp³-hybridized carbons (Fsp3) is 0.150. The molecule has 0 spiro atoms. The third-order valence-corrected chi connectivity index (χ3v) is 4.34. The lowest BCUT2D eigenvalue weighted by Gasteiger charge is -2.11. The van der Waals surface area contributed by atoms with Crippen LogP contribution in [0.3, 0.4) is 0 Å². The average Bonchev–Trinajstić information content (AvgIpc) is 2.83. The molecule has 0 bridgehead atoms. The van der Waals surface area contributed by atoms with Crippen LogP contribution in [0.4, 0.5) is 5.69 Å². The Hall–Kier alpha value is -4.65.